The topological polar surface area (TPSA) is 166 Å². The average molecular weight is 323 g/mol. The van der Waals surface area contributed by atoms with Crippen LogP contribution in [0, 0.1) is 0 Å². The molecule has 2 rings (SSSR count). The summed E-state index contributed by atoms with van der Waals surface area (Å²) in [6.07, 6.45) is -1.49. The third kappa shape index (κ3) is 4.08. The number of hydrogen-bond acceptors (Lipinski definition) is 8. The molecule has 0 unspecified atom stereocenters. The first-order valence-corrected chi connectivity index (χ1v) is 7.32. The van der Waals surface area contributed by atoms with Gasteiger partial charge in [0, 0.05) is 18.7 Å². The molecule has 11 nitrogen and oxygen atoms in total. The van der Waals surface area contributed by atoms with Crippen molar-refractivity contribution < 1.29 is 33.6 Å². The van der Waals surface area contributed by atoms with E-state index in [1.165, 1.54) is 12.3 Å². The number of rotatable bonds is 5. The third-order valence-electron chi connectivity index (χ3n) is 2.85. The Morgan fingerprint density at radius 3 is 2.86 bits per heavy atom. The number of aromatic nitrogens is 2. The first kappa shape index (κ1) is 16.0. The molecule has 0 radical (unpaired) electrons. The van der Waals surface area contributed by atoms with Gasteiger partial charge in [0.15, 0.2) is 0 Å². The lowest BCUT2D eigenvalue weighted by Crippen LogP contribution is -2.28. The predicted octanol–water partition coefficient (Wildman–Crippen LogP) is -1.75. The molecule has 1 fully saturated rings. The number of phosphoric acid groups is 1. The Bertz CT molecular complexity index is 601. The van der Waals surface area contributed by atoms with E-state index in [1.54, 1.807) is 0 Å². The third-order valence-corrected chi connectivity index (χ3v) is 3.33. The molecule has 0 bridgehead atoms. The molecule has 1 aromatic rings. The predicted molar refractivity (Wildman–Crippen MR) is 65.8 cm³/mol. The highest BCUT2D eigenvalue weighted by Gasteiger charge is 2.37. The molecule has 5 N–H and O–H groups in total. The van der Waals surface area contributed by atoms with Crippen molar-refractivity contribution in [3.05, 3.63) is 22.7 Å². The number of nitrogens with two attached hydrogens (primary N) is 1. The Balaban J connectivity index is 2.07. The zero-order valence-electron chi connectivity index (χ0n) is 10.6. The smallest absolute Gasteiger partial charge is 0.391 e. The quantitative estimate of drug-likeness (QED) is 0.360. The second kappa shape index (κ2) is 6.20. The molecular weight excluding hydrogens is 309 g/mol. The van der Waals surface area contributed by atoms with Crippen molar-refractivity contribution in [1.29, 1.82) is 0 Å². The fraction of sp³-hybridized carbons (Fsp3) is 0.556. The van der Waals surface area contributed by atoms with Crippen molar-refractivity contribution in [3.63, 3.8) is 0 Å². The summed E-state index contributed by atoms with van der Waals surface area (Å²) < 4.78 is 21.3. The van der Waals surface area contributed by atoms with E-state index in [9.17, 15) is 14.5 Å². The van der Waals surface area contributed by atoms with E-state index in [0.717, 1.165) is 4.57 Å². The lowest BCUT2D eigenvalue weighted by atomic mass is 10.2. The van der Waals surface area contributed by atoms with E-state index in [4.69, 9.17) is 20.4 Å². The van der Waals surface area contributed by atoms with Gasteiger partial charge in [-0.05, 0) is 0 Å². The van der Waals surface area contributed by atoms with Gasteiger partial charge >= 0.3 is 13.5 Å². The van der Waals surface area contributed by atoms with Gasteiger partial charge in [0.05, 0.1) is 12.7 Å². The van der Waals surface area contributed by atoms with Crippen LogP contribution in [0.2, 0.25) is 0 Å². The van der Waals surface area contributed by atoms with Crippen LogP contribution in [0.25, 0.3) is 0 Å². The summed E-state index contributed by atoms with van der Waals surface area (Å²) in [5, 5.41) is 9.77. The maximum absolute atomic E-state index is 11.7. The molecule has 0 amide bonds. The standard InChI is InChI=1S/C9H14N3O8P/c10-20-7-1-2-12(9(14)11-7)8-3-5(13)6(19-8)4-18-21(15,16)17/h1-2,5-6,8,13H,3-4,10H2,(H2,15,16,17)/t5-,6-,8-/m1/s1. The van der Waals surface area contributed by atoms with Crippen LogP contribution in [0.3, 0.4) is 0 Å². The van der Waals surface area contributed by atoms with E-state index in [1.807, 2.05) is 0 Å². The van der Waals surface area contributed by atoms with Gasteiger partial charge in [0.25, 0.3) is 0 Å². The van der Waals surface area contributed by atoms with Gasteiger partial charge in [-0.25, -0.2) is 9.36 Å². The van der Waals surface area contributed by atoms with Crippen LogP contribution in [0.1, 0.15) is 12.6 Å². The average Bonchev–Trinajstić information content (AvgIpc) is 2.76. The van der Waals surface area contributed by atoms with E-state index < -0.39 is 38.6 Å². The lowest BCUT2D eigenvalue weighted by molar-refractivity contribution is -0.0451. The molecule has 1 aliphatic rings. The van der Waals surface area contributed by atoms with Crippen LogP contribution in [-0.4, -0.2) is 43.3 Å². The van der Waals surface area contributed by atoms with Crippen molar-refractivity contribution in [1.82, 2.24) is 9.55 Å². The summed E-state index contributed by atoms with van der Waals surface area (Å²) in [6, 6.07) is 1.33. The van der Waals surface area contributed by atoms with Crippen LogP contribution in [0.4, 0.5) is 0 Å². The minimum atomic E-state index is -4.66. The van der Waals surface area contributed by atoms with E-state index in [2.05, 4.69) is 14.3 Å². The van der Waals surface area contributed by atoms with Crippen molar-refractivity contribution in [2.45, 2.75) is 24.9 Å². The lowest BCUT2D eigenvalue weighted by Gasteiger charge is -2.16. The maximum atomic E-state index is 11.7. The van der Waals surface area contributed by atoms with Gasteiger partial charge in [0.2, 0.25) is 5.88 Å². The number of ether oxygens (including phenoxy) is 1. The summed E-state index contributed by atoms with van der Waals surface area (Å²) in [5.41, 5.74) is -0.702. The minimum Gasteiger partial charge on any atom is -0.391 e. The van der Waals surface area contributed by atoms with Crippen molar-refractivity contribution >= 4 is 7.82 Å². The van der Waals surface area contributed by atoms with E-state index in [-0.39, 0.29) is 12.3 Å². The fourth-order valence-corrected chi connectivity index (χ4v) is 2.23. The maximum Gasteiger partial charge on any atom is 0.469 e. The number of aliphatic hydroxyl groups is 1. The number of hydrogen-bond donors (Lipinski definition) is 4. The van der Waals surface area contributed by atoms with Gasteiger partial charge in [-0.1, -0.05) is 0 Å². The van der Waals surface area contributed by atoms with Gasteiger partial charge in [-0.15, -0.1) is 0 Å². The molecule has 21 heavy (non-hydrogen) atoms. The summed E-state index contributed by atoms with van der Waals surface area (Å²) in [6.45, 7) is -0.506. The van der Waals surface area contributed by atoms with E-state index in [0.29, 0.717) is 0 Å². The summed E-state index contributed by atoms with van der Waals surface area (Å²) in [4.78, 5) is 36.8. The number of aliphatic hydroxyl groups excluding tert-OH is 1. The number of nitrogens with zero attached hydrogens (tertiary/aromatic N) is 2. The first-order valence-electron chi connectivity index (χ1n) is 5.79. The summed E-state index contributed by atoms with van der Waals surface area (Å²) >= 11 is 0. The largest absolute Gasteiger partial charge is 0.469 e. The molecule has 1 aliphatic heterocycles. The molecule has 12 heteroatoms. The Morgan fingerprint density at radius 1 is 1.57 bits per heavy atom. The number of phosphoric ester groups is 1. The second-order valence-corrected chi connectivity index (χ2v) is 5.53. The fourth-order valence-electron chi connectivity index (χ4n) is 1.89. The minimum absolute atomic E-state index is 0.0413. The van der Waals surface area contributed by atoms with Gasteiger partial charge < -0.3 is 24.5 Å². The summed E-state index contributed by atoms with van der Waals surface area (Å²) in [7, 11) is -4.66. The van der Waals surface area contributed by atoms with Crippen molar-refractivity contribution in [2.75, 3.05) is 6.61 Å². The van der Waals surface area contributed by atoms with Crippen LogP contribution in [0.15, 0.2) is 17.1 Å². The van der Waals surface area contributed by atoms with E-state index >= 15 is 0 Å². The normalized spacial score (nSPS) is 26.0. The molecule has 118 valence electrons. The van der Waals surface area contributed by atoms with Gasteiger partial charge in [-0.2, -0.15) is 10.9 Å². The molecule has 3 atom stereocenters. The molecule has 0 spiro atoms. The van der Waals surface area contributed by atoms with Gasteiger partial charge in [-0.3, -0.25) is 9.09 Å². The molecule has 2 heterocycles. The molecule has 0 saturated carbocycles. The zero-order chi connectivity index (χ0) is 15.6. The monoisotopic (exact) mass is 323 g/mol. The summed E-state index contributed by atoms with van der Waals surface area (Å²) in [5.74, 6) is 4.80. The molecule has 0 aromatic carbocycles. The highest BCUT2D eigenvalue weighted by molar-refractivity contribution is 7.46. The second-order valence-electron chi connectivity index (χ2n) is 4.29. The zero-order valence-corrected chi connectivity index (χ0v) is 11.5. The SMILES string of the molecule is NOc1ccn([C@H]2C[C@@H](O)[C@@H](COP(=O)(O)O)O2)c(=O)n1. The van der Waals surface area contributed by atoms with Crippen LogP contribution in [-0.2, 0) is 13.8 Å². The van der Waals surface area contributed by atoms with Crippen LogP contribution in [0.5, 0.6) is 5.88 Å². The van der Waals surface area contributed by atoms with Gasteiger partial charge in [0.1, 0.15) is 12.3 Å². The Hall–Kier alpha value is -1.33. The van der Waals surface area contributed by atoms with Crippen LogP contribution < -0.4 is 16.4 Å². The van der Waals surface area contributed by atoms with Crippen molar-refractivity contribution in [3.8, 4) is 5.88 Å². The Labute approximate surface area is 118 Å². The molecule has 1 saturated heterocycles. The molecule has 1 aromatic heterocycles. The van der Waals surface area contributed by atoms with Crippen molar-refractivity contribution in [2.24, 2.45) is 5.90 Å². The molecule has 0 aliphatic carbocycles. The van der Waals surface area contributed by atoms with Crippen LogP contribution >= 0.6 is 7.82 Å². The highest BCUT2D eigenvalue weighted by Crippen LogP contribution is 2.38. The first-order chi connectivity index (χ1) is 9.80. The Kier molecular flexibility index (Phi) is 4.74. The Morgan fingerprint density at radius 2 is 2.29 bits per heavy atom. The highest BCUT2D eigenvalue weighted by atomic mass is 31.2. The molecular formula is C9H14N3O8P.